The van der Waals surface area contributed by atoms with Crippen LogP contribution in [0.1, 0.15) is 46.0 Å². The smallest absolute Gasteiger partial charge is 0.328 e. The molecule has 0 saturated carbocycles. The first-order valence-electron chi connectivity index (χ1n) is 9.20. The van der Waals surface area contributed by atoms with E-state index in [0.717, 1.165) is 0 Å². The Morgan fingerprint density at radius 2 is 1.68 bits per heavy atom. The molecule has 160 valence electrons. The fourth-order valence-electron chi connectivity index (χ4n) is 2.32. The van der Waals surface area contributed by atoms with Crippen molar-refractivity contribution in [2.45, 2.75) is 58.0 Å². The van der Waals surface area contributed by atoms with Crippen LogP contribution in [0.15, 0.2) is 0 Å². The van der Waals surface area contributed by atoms with Gasteiger partial charge in [0.05, 0.1) is 13.2 Å². The van der Waals surface area contributed by atoms with Gasteiger partial charge in [-0.05, 0) is 39.2 Å². The molecular weight excluding hydrogens is 370 g/mol. The maximum Gasteiger partial charge on any atom is 0.328 e. The zero-order valence-corrected chi connectivity index (χ0v) is 16.4. The van der Waals surface area contributed by atoms with Gasteiger partial charge in [0.1, 0.15) is 12.1 Å². The summed E-state index contributed by atoms with van der Waals surface area (Å²) in [6.45, 7) is 3.08. The Morgan fingerprint density at radius 1 is 1.00 bits per heavy atom. The van der Waals surface area contributed by atoms with E-state index < -0.39 is 42.3 Å². The van der Waals surface area contributed by atoms with E-state index in [1.165, 1.54) is 6.92 Å². The molecule has 2 atom stereocenters. The van der Waals surface area contributed by atoms with Gasteiger partial charge >= 0.3 is 5.97 Å². The van der Waals surface area contributed by atoms with E-state index >= 15 is 0 Å². The van der Waals surface area contributed by atoms with Gasteiger partial charge in [0.2, 0.25) is 23.6 Å². The van der Waals surface area contributed by atoms with E-state index in [9.17, 15) is 24.0 Å². The second-order valence-corrected chi connectivity index (χ2v) is 6.13. The Labute approximate surface area is 164 Å². The summed E-state index contributed by atoms with van der Waals surface area (Å²) in [7, 11) is 0. The normalized spacial score (nSPS) is 12.4. The molecule has 0 fully saturated rings. The zero-order chi connectivity index (χ0) is 21.5. The third kappa shape index (κ3) is 11.8. The van der Waals surface area contributed by atoms with E-state index in [1.54, 1.807) is 6.92 Å². The predicted molar refractivity (Wildman–Crippen MR) is 101 cm³/mol. The number of rotatable bonds is 14. The molecule has 11 nitrogen and oxygen atoms in total. The number of nitrogens with one attached hydrogen (secondary N) is 3. The second-order valence-electron chi connectivity index (χ2n) is 6.13. The highest BCUT2D eigenvalue weighted by molar-refractivity contribution is 5.91. The minimum Gasteiger partial charge on any atom is -0.464 e. The quantitative estimate of drug-likeness (QED) is 0.165. The van der Waals surface area contributed by atoms with Gasteiger partial charge in [-0.25, -0.2) is 4.79 Å². The van der Waals surface area contributed by atoms with E-state index in [0.29, 0.717) is 25.8 Å². The van der Waals surface area contributed by atoms with Crippen LogP contribution in [0.5, 0.6) is 0 Å². The summed E-state index contributed by atoms with van der Waals surface area (Å²) in [4.78, 5) is 58.3. The average molecular weight is 401 g/mol. The van der Waals surface area contributed by atoms with Gasteiger partial charge in [-0.3, -0.25) is 19.2 Å². The summed E-state index contributed by atoms with van der Waals surface area (Å²) in [5.74, 6) is -2.84. The Bertz CT molecular complexity index is 554. The van der Waals surface area contributed by atoms with Crippen molar-refractivity contribution in [3.05, 3.63) is 0 Å². The number of carbonyl (C=O) groups excluding carboxylic acids is 5. The van der Waals surface area contributed by atoms with Crippen LogP contribution in [0.4, 0.5) is 0 Å². The van der Waals surface area contributed by atoms with Crippen molar-refractivity contribution >= 4 is 29.6 Å². The summed E-state index contributed by atoms with van der Waals surface area (Å²) in [6.07, 6.45) is 1.60. The Kier molecular flexibility index (Phi) is 13.0. The van der Waals surface area contributed by atoms with Crippen LogP contribution < -0.4 is 27.4 Å². The summed E-state index contributed by atoms with van der Waals surface area (Å²) >= 11 is 0. The van der Waals surface area contributed by atoms with E-state index in [-0.39, 0.29) is 25.4 Å². The minimum absolute atomic E-state index is 0.0124. The van der Waals surface area contributed by atoms with Gasteiger partial charge in [-0.15, -0.1) is 0 Å². The van der Waals surface area contributed by atoms with Crippen LogP contribution in [-0.4, -0.2) is 61.4 Å². The maximum atomic E-state index is 12.2. The third-order valence-corrected chi connectivity index (χ3v) is 3.65. The van der Waals surface area contributed by atoms with Crippen LogP contribution in [0, 0.1) is 0 Å². The molecule has 0 bridgehead atoms. The number of hydrogen-bond donors (Lipinski definition) is 5. The van der Waals surface area contributed by atoms with Gasteiger partial charge < -0.3 is 32.2 Å². The summed E-state index contributed by atoms with van der Waals surface area (Å²) in [5, 5.41) is 7.34. The van der Waals surface area contributed by atoms with E-state index in [4.69, 9.17) is 16.2 Å². The lowest BCUT2D eigenvalue weighted by molar-refractivity contribution is -0.147. The molecule has 0 aliphatic heterocycles. The number of unbranched alkanes of at least 4 members (excludes halogenated alkanes) is 1. The second kappa shape index (κ2) is 14.4. The molecule has 0 aliphatic carbocycles. The molecule has 0 radical (unpaired) electrons. The van der Waals surface area contributed by atoms with Crippen molar-refractivity contribution in [2.75, 3.05) is 19.7 Å². The van der Waals surface area contributed by atoms with Crippen LogP contribution >= 0.6 is 0 Å². The minimum atomic E-state index is -1.05. The van der Waals surface area contributed by atoms with Gasteiger partial charge in [-0.1, -0.05) is 0 Å². The standard InChI is InChI=1S/C17H31N5O6/c1-3-28-17(27)13(7-8-14(19)24)22-15(25)10-20-16(26)12(21-11(2)23)6-4-5-9-18/h12-13H,3-10,18H2,1-2H3,(H2,19,24)(H,20,26)(H,21,23)(H,22,25)/t12-,13-/m0/s1. The van der Waals surface area contributed by atoms with Gasteiger partial charge in [0, 0.05) is 13.3 Å². The number of hydrogen-bond acceptors (Lipinski definition) is 7. The lowest BCUT2D eigenvalue weighted by atomic mass is 10.1. The fourth-order valence-corrected chi connectivity index (χ4v) is 2.32. The van der Waals surface area contributed by atoms with Crippen LogP contribution in [0.3, 0.4) is 0 Å². The Hall–Kier alpha value is -2.69. The molecule has 0 heterocycles. The van der Waals surface area contributed by atoms with Crippen molar-refractivity contribution in [2.24, 2.45) is 11.5 Å². The van der Waals surface area contributed by atoms with Crippen LogP contribution in [-0.2, 0) is 28.7 Å². The van der Waals surface area contributed by atoms with Crippen molar-refractivity contribution in [1.29, 1.82) is 0 Å². The molecule has 0 rings (SSSR count). The number of primary amides is 1. The largest absolute Gasteiger partial charge is 0.464 e. The first-order chi connectivity index (χ1) is 13.2. The van der Waals surface area contributed by atoms with Crippen molar-refractivity contribution in [3.8, 4) is 0 Å². The number of amides is 4. The SMILES string of the molecule is CCOC(=O)[C@H](CCC(N)=O)NC(=O)CNC(=O)[C@H](CCCCN)NC(C)=O. The van der Waals surface area contributed by atoms with Crippen LogP contribution in [0.25, 0.3) is 0 Å². The molecule has 0 spiro atoms. The maximum absolute atomic E-state index is 12.2. The molecule has 0 aliphatic rings. The van der Waals surface area contributed by atoms with Crippen molar-refractivity contribution in [1.82, 2.24) is 16.0 Å². The molecule has 4 amide bonds. The van der Waals surface area contributed by atoms with E-state index in [1.807, 2.05) is 0 Å². The summed E-state index contributed by atoms with van der Waals surface area (Å²) in [5.41, 5.74) is 10.5. The fraction of sp³-hybridized carbons (Fsp3) is 0.706. The first kappa shape index (κ1) is 25.3. The number of esters is 1. The lowest BCUT2D eigenvalue weighted by Crippen LogP contribution is -2.50. The van der Waals surface area contributed by atoms with Crippen LogP contribution in [0.2, 0.25) is 0 Å². The highest BCUT2D eigenvalue weighted by Gasteiger charge is 2.24. The summed E-state index contributed by atoms with van der Waals surface area (Å²) in [6, 6.07) is -1.83. The molecule has 0 aromatic carbocycles. The number of ether oxygens (including phenoxy) is 1. The highest BCUT2D eigenvalue weighted by atomic mass is 16.5. The molecule has 0 unspecified atom stereocenters. The predicted octanol–water partition coefficient (Wildman–Crippen LogP) is -1.95. The molecule has 0 aromatic rings. The zero-order valence-electron chi connectivity index (χ0n) is 16.4. The molecule has 11 heteroatoms. The van der Waals surface area contributed by atoms with Crippen molar-refractivity contribution in [3.63, 3.8) is 0 Å². The van der Waals surface area contributed by atoms with Crippen molar-refractivity contribution < 1.29 is 28.7 Å². The Balaban J connectivity index is 4.68. The summed E-state index contributed by atoms with van der Waals surface area (Å²) < 4.78 is 4.85. The number of carbonyl (C=O) groups is 5. The molecule has 7 N–H and O–H groups in total. The first-order valence-corrected chi connectivity index (χ1v) is 9.20. The third-order valence-electron chi connectivity index (χ3n) is 3.65. The van der Waals surface area contributed by atoms with E-state index in [2.05, 4.69) is 16.0 Å². The number of nitrogens with two attached hydrogens (primary N) is 2. The van der Waals surface area contributed by atoms with Gasteiger partial charge in [0.25, 0.3) is 0 Å². The monoisotopic (exact) mass is 401 g/mol. The molecule has 0 aromatic heterocycles. The molecular formula is C17H31N5O6. The Morgan fingerprint density at radius 3 is 2.21 bits per heavy atom. The topological polar surface area (TPSA) is 183 Å². The van der Waals surface area contributed by atoms with Gasteiger partial charge in [-0.2, -0.15) is 0 Å². The average Bonchev–Trinajstić information content (AvgIpc) is 2.62. The molecule has 0 saturated heterocycles. The highest BCUT2D eigenvalue weighted by Crippen LogP contribution is 2.02. The molecule has 28 heavy (non-hydrogen) atoms. The lowest BCUT2D eigenvalue weighted by Gasteiger charge is -2.19. The van der Waals surface area contributed by atoms with Gasteiger partial charge in [0.15, 0.2) is 0 Å².